The van der Waals surface area contributed by atoms with Crippen LogP contribution < -0.4 is 0 Å². The second-order valence-corrected chi connectivity index (χ2v) is 2.93. The lowest BCUT2D eigenvalue weighted by atomic mass is 10.0. The molecule has 1 rings (SSSR count). The molecule has 0 radical (unpaired) electrons. The molecule has 1 aliphatic rings. The van der Waals surface area contributed by atoms with E-state index in [0.29, 0.717) is 19.1 Å². The molecule has 0 spiro atoms. The average molecular weight is 170 g/mol. The number of rotatable bonds is 3. The van der Waals surface area contributed by atoms with Crippen molar-refractivity contribution in [3.8, 4) is 0 Å². The smallest absolute Gasteiger partial charge is 0.330 e. The van der Waals surface area contributed by atoms with E-state index in [9.17, 15) is 4.79 Å². The Balaban J connectivity index is 2.13. The zero-order valence-corrected chi connectivity index (χ0v) is 7.45. The van der Waals surface area contributed by atoms with Gasteiger partial charge in [0.15, 0.2) is 0 Å². The summed E-state index contributed by atoms with van der Waals surface area (Å²) in [5, 5.41) is 0. The number of hydrogen-bond acceptors (Lipinski definition) is 3. The van der Waals surface area contributed by atoms with Crippen LogP contribution in [0.2, 0.25) is 0 Å². The van der Waals surface area contributed by atoms with Gasteiger partial charge in [-0.15, -0.1) is 0 Å². The van der Waals surface area contributed by atoms with Gasteiger partial charge in [-0.1, -0.05) is 6.08 Å². The van der Waals surface area contributed by atoms with Crippen molar-refractivity contribution in [2.24, 2.45) is 5.92 Å². The average Bonchev–Trinajstić information content (AvgIpc) is 2.03. The monoisotopic (exact) mass is 170 g/mol. The second kappa shape index (κ2) is 4.26. The van der Waals surface area contributed by atoms with E-state index in [0.717, 1.165) is 0 Å². The minimum absolute atomic E-state index is 0.239. The molecule has 0 aliphatic carbocycles. The van der Waals surface area contributed by atoms with Crippen LogP contribution in [0, 0.1) is 5.92 Å². The van der Waals surface area contributed by atoms with E-state index in [1.54, 1.807) is 13.0 Å². The number of ether oxygens (including phenoxy) is 2. The zero-order valence-electron chi connectivity index (χ0n) is 7.45. The van der Waals surface area contributed by atoms with Gasteiger partial charge in [0.25, 0.3) is 0 Å². The summed E-state index contributed by atoms with van der Waals surface area (Å²) >= 11 is 0. The molecule has 3 nitrogen and oxygen atoms in total. The fraction of sp³-hybridized carbons (Fsp3) is 0.667. The third-order valence-electron chi connectivity index (χ3n) is 1.98. The lowest BCUT2D eigenvalue weighted by molar-refractivity contribution is -0.155. The van der Waals surface area contributed by atoms with Crippen molar-refractivity contribution < 1.29 is 14.3 Å². The summed E-state index contributed by atoms with van der Waals surface area (Å²) in [6, 6.07) is 0. The quantitative estimate of drug-likeness (QED) is 0.470. The van der Waals surface area contributed by atoms with Crippen LogP contribution in [0.15, 0.2) is 12.2 Å². The topological polar surface area (TPSA) is 35.5 Å². The van der Waals surface area contributed by atoms with Crippen molar-refractivity contribution >= 4 is 5.97 Å². The first-order valence-corrected chi connectivity index (χ1v) is 4.15. The zero-order chi connectivity index (χ0) is 8.97. The lowest BCUT2D eigenvalue weighted by Crippen LogP contribution is -2.40. The fourth-order valence-corrected chi connectivity index (χ4v) is 0.982. The van der Waals surface area contributed by atoms with Crippen LogP contribution in [0.25, 0.3) is 0 Å². The maximum Gasteiger partial charge on any atom is 0.330 e. The van der Waals surface area contributed by atoms with E-state index in [-0.39, 0.29) is 12.1 Å². The van der Waals surface area contributed by atoms with E-state index >= 15 is 0 Å². The minimum atomic E-state index is -0.267. The molecule has 12 heavy (non-hydrogen) atoms. The molecular weight excluding hydrogens is 156 g/mol. The Morgan fingerprint density at radius 2 is 2.50 bits per heavy atom. The molecular formula is C9H14O3. The Labute approximate surface area is 72.4 Å². The van der Waals surface area contributed by atoms with Gasteiger partial charge < -0.3 is 9.47 Å². The molecule has 0 saturated carbocycles. The normalized spacial score (nSPS) is 28.5. The molecule has 1 fully saturated rings. The van der Waals surface area contributed by atoms with Gasteiger partial charge in [0.1, 0.15) is 0 Å². The summed E-state index contributed by atoms with van der Waals surface area (Å²) in [6.45, 7) is 4.96. The Morgan fingerprint density at radius 3 is 2.92 bits per heavy atom. The molecule has 0 aromatic heterocycles. The summed E-state index contributed by atoms with van der Waals surface area (Å²) in [7, 11) is 0. The van der Waals surface area contributed by atoms with Gasteiger partial charge in [-0.3, -0.25) is 0 Å². The van der Waals surface area contributed by atoms with Crippen molar-refractivity contribution in [3.63, 3.8) is 0 Å². The predicted octanol–water partition coefficient (Wildman–Crippen LogP) is 1.14. The summed E-state index contributed by atoms with van der Waals surface area (Å²) in [4.78, 5) is 10.8. The molecule has 0 aromatic rings. The highest BCUT2D eigenvalue weighted by molar-refractivity contribution is 5.81. The summed E-state index contributed by atoms with van der Waals surface area (Å²) in [5.74, 6) is 0.121. The first kappa shape index (κ1) is 9.26. The van der Waals surface area contributed by atoms with Crippen molar-refractivity contribution in [2.45, 2.75) is 20.0 Å². The Morgan fingerprint density at radius 1 is 1.75 bits per heavy atom. The Kier molecular flexibility index (Phi) is 3.29. The van der Waals surface area contributed by atoms with Crippen LogP contribution in [-0.4, -0.2) is 25.3 Å². The van der Waals surface area contributed by atoms with Crippen LogP contribution in [0.1, 0.15) is 13.8 Å². The molecule has 2 atom stereocenters. The van der Waals surface area contributed by atoms with Crippen LogP contribution >= 0.6 is 0 Å². The van der Waals surface area contributed by atoms with E-state index in [1.165, 1.54) is 6.08 Å². The lowest BCUT2D eigenvalue weighted by Gasteiger charge is -2.33. The number of carbonyl (C=O) groups excluding carboxylic acids is 1. The van der Waals surface area contributed by atoms with Gasteiger partial charge in [0.2, 0.25) is 0 Å². The maximum atomic E-state index is 10.8. The highest BCUT2D eigenvalue weighted by Crippen LogP contribution is 2.19. The number of esters is 1. The van der Waals surface area contributed by atoms with Crippen LogP contribution in [0.5, 0.6) is 0 Å². The Bertz CT molecular complexity index is 186. The van der Waals surface area contributed by atoms with Gasteiger partial charge in [-0.2, -0.15) is 0 Å². The molecule has 1 saturated heterocycles. The molecule has 0 N–H and O–H groups in total. The summed E-state index contributed by atoms with van der Waals surface area (Å²) in [6.07, 6.45) is 3.33. The van der Waals surface area contributed by atoms with Gasteiger partial charge in [0, 0.05) is 12.0 Å². The van der Waals surface area contributed by atoms with Gasteiger partial charge >= 0.3 is 5.97 Å². The van der Waals surface area contributed by atoms with Gasteiger partial charge in [0.05, 0.1) is 19.3 Å². The third-order valence-corrected chi connectivity index (χ3v) is 1.98. The van der Waals surface area contributed by atoms with Crippen molar-refractivity contribution in [3.05, 3.63) is 12.2 Å². The SMILES string of the molecule is CC=CC(=O)OCC1COC1C. The van der Waals surface area contributed by atoms with E-state index in [4.69, 9.17) is 9.47 Å². The molecule has 3 heteroatoms. The summed E-state index contributed by atoms with van der Waals surface area (Å²) < 4.78 is 10.1. The van der Waals surface area contributed by atoms with E-state index < -0.39 is 0 Å². The van der Waals surface area contributed by atoms with E-state index in [2.05, 4.69) is 0 Å². The molecule has 68 valence electrons. The number of allylic oxidation sites excluding steroid dienone is 1. The fourth-order valence-electron chi connectivity index (χ4n) is 0.982. The first-order valence-electron chi connectivity index (χ1n) is 4.15. The van der Waals surface area contributed by atoms with Crippen LogP contribution in [0.3, 0.4) is 0 Å². The van der Waals surface area contributed by atoms with E-state index in [1.807, 2.05) is 6.92 Å². The van der Waals surface area contributed by atoms with Crippen molar-refractivity contribution in [1.29, 1.82) is 0 Å². The molecule has 0 aromatic carbocycles. The molecule has 0 bridgehead atoms. The highest BCUT2D eigenvalue weighted by Gasteiger charge is 2.28. The predicted molar refractivity (Wildman–Crippen MR) is 44.7 cm³/mol. The molecule has 1 heterocycles. The van der Waals surface area contributed by atoms with Crippen LogP contribution in [0.4, 0.5) is 0 Å². The maximum absolute atomic E-state index is 10.8. The minimum Gasteiger partial charge on any atom is -0.462 e. The van der Waals surface area contributed by atoms with Crippen LogP contribution in [-0.2, 0) is 14.3 Å². The first-order chi connectivity index (χ1) is 5.74. The number of hydrogen-bond donors (Lipinski definition) is 0. The van der Waals surface area contributed by atoms with Crippen molar-refractivity contribution in [2.75, 3.05) is 13.2 Å². The standard InChI is InChI=1S/C9H14O3/c1-3-4-9(10)12-6-8-5-11-7(8)2/h3-4,7-8H,5-6H2,1-2H3. The van der Waals surface area contributed by atoms with Crippen molar-refractivity contribution in [1.82, 2.24) is 0 Å². The molecule has 1 aliphatic heterocycles. The second-order valence-electron chi connectivity index (χ2n) is 2.93. The molecule has 0 amide bonds. The van der Waals surface area contributed by atoms with Gasteiger partial charge in [-0.05, 0) is 13.8 Å². The Hall–Kier alpha value is -0.830. The number of carbonyl (C=O) groups is 1. The highest BCUT2D eigenvalue weighted by atomic mass is 16.5. The van der Waals surface area contributed by atoms with Gasteiger partial charge in [-0.25, -0.2) is 4.79 Å². The summed E-state index contributed by atoms with van der Waals surface area (Å²) in [5.41, 5.74) is 0. The molecule has 2 unspecified atom stereocenters. The largest absolute Gasteiger partial charge is 0.462 e. The third kappa shape index (κ3) is 2.34.